The van der Waals surface area contributed by atoms with Gasteiger partial charge in [-0.2, -0.15) is 0 Å². The van der Waals surface area contributed by atoms with Crippen molar-refractivity contribution in [2.75, 3.05) is 11.9 Å². The molecule has 2 aromatic carbocycles. The average Bonchev–Trinajstić information content (AvgIpc) is 2.46. The Morgan fingerprint density at radius 1 is 0.842 bits per heavy atom. The van der Waals surface area contributed by atoms with Gasteiger partial charge in [-0.15, -0.1) is 0 Å². The van der Waals surface area contributed by atoms with Crippen LogP contribution >= 0.6 is 11.8 Å². The molecule has 0 unspecified atom stereocenters. The molecule has 1 aliphatic heterocycles. The number of benzene rings is 2. The van der Waals surface area contributed by atoms with Gasteiger partial charge in [0.2, 0.25) is 0 Å². The number of fused-ring (bicyclic) bond motifs is 2. The zero-order valence-electron chi connectivity index (χ0n) is 11.7. The molecule has 19 heavy (non-hydrogen) atoms. The SMILES string of the molecule is CCc1ccc2c(c1)Sc1ccc(CC)cc1N2C. The van der Waals surface area contributed by atoms with Crippen molar-refractivity contribution in [3.8, 4) is 0 Å². The van der Waals surface area contributed by atoms with Crippen LogP contribution in [-0.4, -0.2) is 7.05 Å². The second-order valence-corrected chi connectivity index (χ2v) is 6.06. The third-order valence-electron chi connectivity index (χ3n) is 3.81. The second kappa shape index (κ2) is 4.93. The van der Waals surface area contributed by atoms with E-state index < -0.39 is 0 Å². The van der Waals surface area contributed by atoms with Crippen LogP contribution in [0.4, 0.5) is 11.4 Å². The Balaban J connectivity index is 2.08. The molecule has 0 saturated heterocycles. The topological polar surface area (TPSA) is 3.24 Å². The summed E-state index contributed by atoms with van der Waals surface area (Å²) in [5.41, 5.74) is 5.47. The molecule has 3 rings (SSSR count). The molecule has 0 aliphatic carbocycles. The van der Waals surface area contributed by atoms with Crippen molar-refractivity contribution >= 4 is 23.1 Å². The van der Waals surface area contributed by atoms with Crippen LogP contribution in [0.2, 0.25) is 0 Å². The fourth-order valence-electron chi connectivity index (χ4n) is 2.52. The summed E-state index contributed by atoms with van der Waals surface area (Å²) in [4.78, 5) is 5.05. The van der Waals surface area contributed by atoms with Gasteiger partial charge in [0, 0.05) is 16.8 Å². The molecule has 2 heteroatoms. The first-order valence-corrected chi connectivity index (χ1v) is 7.72. The maximum atomic E-state index is 2.33. The Labute approximate surface area is 119 Å². The van der Waals surface area contributed by atoms with Gasteiger partial charge in [0.1, 0.15) is 0 Å². The van der Waals surface area contributed by atoms with Crippen LogP contribution in [0.15, 0.2) is 46.2 Å². The summed E-state index contributed by atoms with van der Waals surface area (Å²) in [5, 5.41) is 0. The minimum absolute atomic E-state index is 1.09. The van der Waals surface area contributed by atoms with Crippen molar-refractivity contribution in [2.24, 2.45) is 0 Å². The lowest BCUT2D eigenvalue weighted by Gasteiger charge is -2.30. The molecule has 0 bridgehead atoms. The van der Waals surface area contributed by atoms with Crippen LogP contribution in [0, 0.1) is 0 Å². The third-order valence-corrected chi connectivity index (χ3v) is 4.92. The van der Waals surface area contributed by atoms with E-state index in [4.69, 9.17) is 0 Å². The van der Waals surface area contributed by atoms with Gasteiger partial charge >= 0.3 is 0 Å². The molecular formula is C17H19NS. The van der Waals surface area contributed by atoms with E-state index in [0.29, 0.717) is 0 Å². The molecule has 1 heterocycles. The van der Waals surface area contributed by atoms with Gasteiger partial charge < -0.3 is 4.90 Å². The average molecular weight is 269 g/mol. The van der Waals surface area contributed by atoms with Gasteiger partial charge in [0.05, 0.1) is 11.4 Å². The van der Waals surface area contributed by atoms with E-state index in [1.165, 1.54) is 32.3 Å². The number of aryl methyl sites for hydroxylation is 2. The number of hydrogen-bond acceptors (Lipinski definition) is 2. The van der Waals surface area contributed by atoms with Crippen molar-refractivity contribution in [3.05, 3.63) is 47.5 Å². The van der Waals surface area contributed by atoms with E-state index in [1.807, 2.05) is 11.8 Å². The van der Waals surface area contributed by atoms with Gasteiger partial charge in [-0.3, -0.25) is 0 Å². The van der Waals surface area contributed by atoms with Crippen LogP contribution in [-0.2, 0) is 12.8 Å². The minimum atomic E-state index is 1.09. The van der Waals surface area contributed by atoms with E-state index in [-0.39, 0.29) is 0 Å². The Morgan fingerprint density at radius 2 is 1.53 bits per heavy atom. The molecule has 0 spiro atoms. The normalized spacial score (nSPS) is 13.1. The van der Waals surface area contributed by atoms with E-state index in [9.17, 15) is 0 Å². The zero-order valence-corrected chi connectivity index (χ0v) is 12.6. The van der Waals surface area contributed by atoms with Crippen molar-refractivity contribution in [1.29, 1.82) is 0 Å². The maximum absolute atomic E-state index is 2.33. The molecule has 1 aliphatic rings. The Hall–Kier alpha value is -1.41. The largest absolute Gasteiger partial charge is 0.343 e. The first kappa shape index (κ1) is 12.6. The summed E-state index contributed by atoms with van der Waals surface area (Å²) in [5.74, 6) is 0. The lowest BCUT2D eigenvalue weighted by Crippen LogP contribution is -2.15. The quantitative estimate of drug-likeness (QED) is 0.751. The van der Waals surface area contributed by atoms with Gasteiger partial charge in [0.25, 0.3) is 0 Å². The van der Waals surface area contributed by atoms with Gasteiger partial charge in [0.15, 0.2) is 0 Å². The molecule has 0 aromatic heterocycles. The highest BCUT2D eigenvalue weighted by Gasteiger charge is 2.20. The summed E-state index contributed by atoms with van der Waals surface area (Å²) >= 11 is 1.89. The Bertz CT molecular complexity index is 619. The molecule has 0 saturated carbocycles. The van der Waals surface area contributed by atoms with Crippen LogP contribution in [0.25, 0.3) is 0 Å². The maximum Gasteiger partial charge on any atom is 0.0552 e. The molecule has 0 radical (unpaired) electrons. The summed E-state index contributed by atoms with van der Waals surface area (Å²) in [6.45, 7) is 4.42. The Kier molecular flexibility index (Phi) is 3.28. The van der Waals surface area contributed by atoms with Crippen LogP contribution in [0.1, 0.15) is 25.0 Å². The zero-order chi connectivity index (χ0) is 13.4. The predicted octanol–water partition coefficient (Wildman–Crippen LogP) is 5.04. The number of anilines is 2. The molecule has 0 amide bonds. The standard InChI is InChI=1S/C17H19NS/c1-4-12-7-9-16-15(10-12)18(3)14-8-6-13(5-2)11-17(14)19-16/h6-11H,4-5H2,1-3H3. The monoisotopic (exact) mass is 269 g/mol. The fraction of sp³-hybridized carbons (Fsp3) is 0.294. The van der Waals surface area contributed by atoms with E-state index in [1.54, 1.807) is 0 Å². The van der Waals surface area contributed by atoms with Gasteiger partial charge in [-0.1, -0.05) is 37.7 Å². The van der Waals surface area contributed by atoms with Crippen molar-refractivity contribution in [1.82, 2.24) is 0 Å². The summed E-state index contributed by atoms with van der Waals surface area (Å²) in [6.07, 6.45) is 2.19. The molecule has 1 nitrogen and oxygen atoms in total. The minimum Gasteiger partial charge on any atom is -0.343 e. The fourth-order valence-corrected chi connectivity index (χ4v) is 3.71. The van der Waals surface area contributed by atoms with Crippen LogP contribution in [0.5, 0.6) is 0 Å². The Morgan fingerprint density at radius 3 is 2.26 bits per heavy atom. The number of hydrogen-bond donors (Lipinski definition) is 0. The smallest absolute Gasteiger partial charge is 0.0552 e. The van der Waals surface area contributed by atoms with Crippen molar-refractivity contribution in [2.45, 2.75) is 36.5 Å². The van der Waals surface area contributed by atoms with E-state index in [2.05, 4.69) is 62.2 Å². The number of nitrogens with zero attached hydrogens (tertiary/aromatic N) is 1. The highest BCUT2D eigenvalue weighted by molar-refractivity contribution is 7.99. The van der Waals surface area contributed by atoms with Gasteiger partial charge in [-0.05, 0) is 48.2 Å². The lowest BCUT2D eigenvalue weighted by atomic mass is 10.1. The first-order chi connectivity index (χ1) is 9.22. The van der Waals surface area contributed by atoms with Crippen molar-refractivity contribution < 1.29 is 0 Å². The molecule has 98 valence electrons. The molecule has 2 aromatic rings. The van der Waals surface area contributed by atoms with Crippen LogP contribution < -0.4 is 4.90 Å². The molecule has 0 fully saturated rings. The summed E-state index contributed by atoms with van der Waals surface area (Å²) in [6, 6.07) is 13.6. The third kappa shape index (κ3) is 2.14. The molecule has 0 N–H and O–H groups in total. The summed E-state index contributed by atoms with van der Waals surface area (Å²) in [7, 11) is 2.17. The first-order valence-electron chi connectivity index (χ1n) is 6.90. The summed E-state index contributed by atoms with van der Waals surface area (Å²) < 4.78 is 0. The molecule has 0 atom stereocenters. The lowest BCUT2D eigenvalue weighted by molar-refractivity contribution is 1.06. The highest BCUT2D eigenvalue weighted by Crippen LogP contribution is 2.47. The number of rotatable bonds is 2. The van der Waals surface area contributed by atoms with E-state index >= 15 is 0 Å². The van der Waals surface area contributed by atoms with Crippen LogP contribution in [0.3, 0.4) is 0 Å². The van der Waals surface area contributed by atoms with Gasteiger partial charge in [-0.25, -0.2) is 0 Å². The second-order valence-electron chi connectivity index (χ2n) is 4.97. The highest BCUT2D eigenvalue weighted by atomic mass is 32.2. The van der Waals surface area contributed by atoms with Crippen molar-refractivity contribution in [3.63, 3.8) is 0 Å². The molecular weight excluding hydrogens is 250 g/mol. The van der Waals surface area contributed by atoms with E-state index in [0.717, 1.165) is 12.8 Å². The predicted molar refractivity (Wildman–Crippen MR) is 83.8 cm³/mol.